The zero-order chi connectivity index (χ0) is 14.1. The molecular formula is C14H14N4O2. The Kier molecular flexibility index (Phi) is 2.98. The van der Waals surface area contributed by atoms with Gasteiger partial charge >= 0.3 is 0 Å². The molecule has 0 fully saturated rings. The van der Waals surface area contributed by atoms with Crippen molar-refractivity contribution in [3.8, 4) is 0 Å². The molecule has 102 valence electrons. The predicted molar refractivity (Wildman–Crippen MR) is 73.2 cm³/mol. The van der Waals surface area contributed by atoms with E-state index in [1.807, 2.05) is 24.3 Å². The van der Waals surface area contributed by atoms with Crippen LogP contribution in [0.1, 0.15) is 27.6 Å². The number of amides is 1. The third-order valence-electron chi connectivity index (χ3n) is 3.12. The van der Waals surface area contributed by atoms with E-state index >= 15 is 0 Å². The van der Waals surface area contributed by atoms with Crippen molar-refractivity contribution in [1.29, 1.82) is 0 Å². The van der Waals surface area contributed by atoms with E-state index in [1.54, 1.807) is 13.8 Å². The van der Waals surface area contributed by atoms with E-state index in [-0.39, 0.29) is 5.91 Å². The van der Waals surface area contributed by atoms with Crippen molar-refractivity contribution < 1.29 is 9.32 Å². The molecule has 0 bridgehead atoms. The standard InChI is InChI=1S/C14H14N4O2/c1-8-13(9(2)20-18-8)14(19)15-7-12-16-10-5-3-4-6-11(10)17-12/h3-6H,7H2,1-2H3,(H,15,19)(H,16,17). The fourth-order valence-corrected chi connectivity index (χ4v) is 2.15. The van der Waals surface area contributed by atoms with Crippen LogP contribution in [0.4, 0.5) is 0 Å². The van der Waals surface area contributed by atoms with Gasteiger partial charge in [0.15, 0.2) is 0 Å². The van der Waals surface area contributed by atoms with Crippen LogP contribution in [0, 0.1) is 13.8 Å². The Labute approximate surface area is 115 Å². The maximum absolute atomic E-state index is 12.1. The van der Waals surface area contributed by atoms with Gasteiger partial charge in [0.1, 0.15) is 17.1 Å². The number of imidazole rings is 1. The lowest BCUT2D eigenvalue weighted by atomic mass is 10.2. The number of H-pyrrole nitrogens is 1. The Morgan fingerprint density at radius 2 is 2.15 bits per heavy atom. The van der Waals surface area contributed by atoms with Gasteiger partial charge in [-0.3, -0.25) is 4.79 Å². The molecule has 1 amide bonds. The van der Waals surface area contributed by atoms with E-state index in [0.717, 1.165) is 11.0 Å². The van der Waals surface area contributed by atoms with Crippen LogP contribution in [0.25, 0.3) is 11.0 Å². The number of benzene rings is 1. The van der Waals surface area contributed by atoms with Gasteiger partial charge in [0.05, 0.1) is 23.3 Å². The van der Waals surface area contributed by atoms with Gasteiger partial charge in [-0.1, -0.05) is 17.3 Å². The highest BCUT2D eigenvalue weighted by Gasteiger charge is 2.17. The fraction of sp³-hybridized carbons (Fsp3) is 0.214. The monoisotopic (exact) mass is 270 g/mol. The first-order valence-electron chi connectivity index (χ1n) is 6.30. The molecule has 20 heavy (non-hydrogen) atoms. The summed E-state index contributed by atoms with van der Waals surface area (Å²) in [5.41, 5.74) is 2.91. The number of para-hydroxylation sites is 2. The number of nitrogens with zero attached hydrogens (tertiary/aromatic N) is 2. The van der Waals surface area contributed by atoms with Crippen molar-refractivity contribution in [2.24, 2.45) is 0 Å². The molecule has 0 aliphatic carbocycles. The molecule has 0 atom stereocenters. The second kappa shape index (κ2) is 4.80. The summed E-state index contributed by atoms with van der Waals surface area (Å²) in [6.45, 7) is 3.79. The van der Waals surface area contributed by atoms with E-state index in [9.17, 15) is 4.79 Å². The summed E-state index contributed by atoms with van der Waals surface area (Å²) >= 11 is 0. The fourth-order valence-electron chi connectivity index (χ4n) is 2.15. The molecule has 6 nitrogen and oxygen atoms in total. The lowest BCUT2D eigenvalue weighted by molar-refractivity contribution is 0.0948. The molecule has 0 saturated carbocycles. The number of fused-ring (bicyclic) bond motifs is 1. The van der Waals surface area contributed by atoms with Crippen LogP contribution in [0.2, 0.25) is 0 Å². The van der Waals surface area contributed by atoms with E-state index in [0.29, 0.717) is 29.4 Å². The van der Waals surface area contributed by atoms with Gasteiger partial charge in [-0.15, -0.1) is 0 Å². The van der Waals surface area contributed by atoms with Crippen LogP contribution in [0.3, 0.4) is 0 Å². The lowest BCUT2D eigenvalue weighted by Gasteiger charge is -2.02. The van der Waals surface area contributed by atoms with E-state index in [4.69, 9.17) is 4.52 Å². The Bertz CT molecular complexity index is 720. The summed E-state index contributed by atoms with van der Waals surface area (Å²) < 4.78 is 4.98. The second-order valence-corrected chi connectivity index (χ2v) is 4.58. The Balaban J connectivity index is 1.74. The minimum atomic E-state index is -0.207. The van der Waals surface area contributed by atoms with Gasteiger partial charge in [-0.05, 0) is 26.0 Å². The predicted octanol–water partition coefficient (Wildman–Crippen LogP) is 2.10. The first-order valence-corrected chi connectivity index (χ1v) is 6.30. The topological polar surface area (TPSA) is 83.8 Å². The van der Waals surface area contributed by atoms with Crippen LogP contribution in [0.5, 0.6) is 0 Å². The van der Waals surface area contributed by atoms with Crippen LogP contribution in [0.15, 0.2) is 28.8 Å². The van der Waals surface area contributed by atoms with Crippen molar-refractivity contribution in [2.45, 2.75) is 20.4 Å². The number of aryl methyl sites for hydroxylation is 2. The van der Waals surface area contributed by atoms with Crippen molar-refractivity contribution in [2.75, 3.05) is 0 Å². The smallest absolute Gasteiger partial charge is 0.257 e. The molecule has 0 spiro atoms. The molecule has 2 aromatic heterocycles. The lowest BCUT2D eigenvalue weighted by Crippen LogP contribution is -2.24. The Morgan fingerprint density at radius 1 is 1.35 bits per heavy atom. The normalized spacial score (nSPS) is 10.9. The summed E-state index contributed by atoms with van der Waals surface area (Å²) in [5, 5.41) is 6.58. The number of hydrogen-bond acceptors (Lipinski definition) is 4. The van der Waals surface area contributed by atoms with Gasteiger partial charge < -0.3 is 14.8 Å². The van der Waals surface area contributed by atoms with Gasteiger partial charge in [0.2, 0.25) is 0 Å². The first-order chi connectivity index (χ1) is 9.65. The zero-order valence-electron chi connectivity index (χ0n) is 11.2. The molecule has 3 aromatic rings. The third-order valence-corrected chi connectivity index (χ3v) is 3.12. The average Bonchev–Trinajstić information content (AvgIpc) is 2.99. The zero-order valence-corrected chi connectivity index (χ0v) is 11.2. The third kappa shape index (κ3) is 2.16. The average molecular weight is 270 g/mol. The molecule has 1 aromatic carbocycles. The summed E-state index contributed by atoms with van der Waals surface area (Å²) in [4.78, 5) is 19.6. The van der Waals surface area contributed by atoms with Crippen LogP contribution < -0.4 is 5.32 Å². The highest BCUT2D eigenvalue weighted by molar-refractivity contribution is 5.96. The van der Waals surface area contributed by atoms with Crippen LogP contribution in [-0.2, 0) is 6.54 Å². The number of aromatic amines is 1. The molecule has 0 aliphatic rings. The molecule has 2 N–H and O–H groups in total. The summed E-state index contributed by atoms with van der Waals surface area (Å²) in [7, 11) is 0. The van der Waals surface area contributed by atoms with E-state index < -0.39 is 0 Å². The number of nitrogens with one attached hydrogen (secondary N) is 2. The van der Waals surface area contributed by atoms with Gasteiger partial charge in [0.25, 0.3) is 5.91 Å². The van der Waals surface area contributed by atoms with E-state index in [1.165, 1.54) is 0 Å². The van der Waals surface area contributed by atoms with Crippen molar-refractivity contribution in [3.63, 3.8) is 0 Å². The number of aromatic nitrogens is 3. The van der Waals surface area contributed by atoms with Gasteiger partial charge in [0, 0.05) is 0 Å². The summed E-state index contributed by atoms with van der Waals surface area (Å²) in [6, 6.07) is 7.73. The molecule has 0 unspecified atom stereocenters. The van der Waals surface area contributed by atoms with Crippen molar-refractivity contribution >= 4 is 16.9 Å². The van der Waals surface area contributed by atoms with Gasteiger partial charge in [-0.25, -0.2) is 4.98 Å². The van der Waals surface area contributed by atoms with Crippen LogP contribution in [-0.4, -0.2) is 21.0 Å². The SMILES string of the molecule is Cc1noc(C)c1C(=O)NCc1nc2ccccc2[nH]1. The number of carbonyl (C=O) groups excluding carboxylic acids is 1. The maximum Gasteiger partial charge on any atom is 0.257 e. The highest BCUT2D eigenvalue weighted by Crippen LogP contribution is 2.13. The molecule has 0 radical (unpaired) electrons. The second-order valence-electron chi connectivity index (χ2n) is 4.58. The van der Waals surface area contributed by atoms with E-state index in [2.05, 4.69) is 20.4 Å². The van der Waals surface area contributed by atoms with Crippen molar-refractivity contribution in [1.82, 2.24) is 20.4 Å². The molecule has 6 heteroatoms. The largest absolute Gasteiger partial charge is 0.361 e. The quantitative estimate of drug-likeness (QED) is 0.763. The van der Waals surface area contributed by atoms with Crippen LogP contribution >= 0.6 is 0 Å². The summed E-state index contributed by atoms with van der Waals surface area (Å²) in [5.74, 6) is 1.03. The highest BCUT2D eigenvalue weighted by atomic mass is 16.5. The Hall–Kier alpha value is -2.63. The molecule has 0 aliphatic heterocycles. The minimum absolute atomic E-state index is 0.207. The summed E-state index contributed by atoms with van der Waals surface area (Å²) in [6.07, 6.45) is 0. The number of rotatable bonds is 3. The first kappa shape index (κ1) is 12.4. The molecule has 2 heterocycles. The molecule has 3 rings (SSSR count). The minimum Gasteiger partial charge on any atom is -0.361 e. The molecular weight excluding hydrogens is 256 g/mol. The molecule has 0 saturated heterocycles. The van der Waals surface area contributed by atoms with Gasteiger partial charge in [-0.2, -0.15) is 0 Å². The Morgan fingerprint density at radius 3 is 2.85 bits per heavy atom. The maximum atomic E-state index is 12.1. The number of carbonyl (C=O) groups is 1. The van der Waals surface area contributed by atoms with Crippen molar-refractivity contribution in [3.05, 3.63) is 47.1 Å². The number of hydrogen-bond donors (Lipinski definition) is 2.